The molecule has 0 aliphatic carbocycles. The average molecular weight is 300 g/mol. The van der Waals surface area contributed by atoms with Crippen molar-refractivity contribution in [1.29, 1.82) is 0 Å². The fourth-order valence-corrected chi connectivity index (χ4v) is 2.86. The lowest BCUT2D eigenvalue weighted by molar-refractivity contribution is -0.0235. The monoisotopic (exact) mass is 300 g/mol. The van der Waals surface area contributed by atoms with E-state index >= 15 is 0 Å². The van der Waals surface area contributed by atoms with Gasteiger partial charge in [-0.25, -0.2) is 4.39 Å². The molecule has 0 unspecified atom stereocenters. The van der Waals surface area contributed by atoms with Crippen LogP contribution in [0.4, 0.5) is 4.39 Å². The molecule has 4 nitrogen and oxygen atoms in total. The van der Waals surface area contributed by atoms with Crippen LogP contribution in [0.15, 0.2) is 48.8 Å². The first-order valence-electron chi connectivity index (χ1n) is 7.27. The molecule has 1 aliphatic heterocycles. The van der Waals surface area contributed by atoms with Gasteiger partial charge in [-0.2, -0.15) is 0 Å². The van der Waals surface area contributed by atoms with Gasteiger partial charge in [0.15, 0.2) is 0 Å². The van der Waals surface area contributed by atoms with E-state index in [2.05, 4.69) is 4.98 Å². The highest BCUT2D eigenvalue weighted by molar-refractivity contribution is 5.94. The van der Waals surface area contributed by atoms with Crippen LogP contribution in [0.3, 0.4) is 0 Å². The van der Waals surface area contributed by atoms with Gasteiger partial charge in [-0.15, -0.1) is 0 Å². The zero-order chi connectivity index (χ0) is 15.6. The summed E-state index contributed by atoms with van der Waals surface area (Å²) in [4.78, 5) is 17.9. The molecule has 0 spiro atoms. The summed E-state index contributed by atoms with van der Waals surface area (Å²) in [7, 11) is 0. The Balaban J connectivity index is 1.73. The Labute approximate surface area is 128 Å². The second-order valence-corrected chi connectivity index (χ2v) is 5.54. The van der Waals surface area contributed by atoms with Crippen LogP contribution in [0.25, 0.3) is 0 Å². The number of halogens is 1. The topological polar surface area (TPSA) is 53.4 Å². The Morgan fingerprint density at radius 1 is 1.14 bits per heavy atom. The number of likely N-dealkylation sites (tertiary alicyclic amines) is 1. The molecule has 114 valence electrons. The van der Waals surface area contributed by atoms with Gasteiger partial charge in [0.1, 0.15) is 5.82 Å². The summed E-state index contributed by atoms with van der Waals surface area (Å²) in [6.45, 7) is 0.790. The number of rotatable bonds is 2. The van der Waals surface area contributed by atoms with E-state index < -0.39 is 11.4 Å². The van der Waals surface area contributed by atoms with Gasteiger partial charge in [-0.05, 0) is 31.0 Å². The molecule has 22 heavy (non-hydrogen) atoms. The van der Waals surface area contributed by atoms with E-state index in [1.54, 1.807) is 47.6 Å². The van der Waals surface area contributed by atoms with E-state index in [-0.39, 0.29) is 5.91 Å². The van der Waals surface area contributed by atoms with E-state index in [1.807, 2.05) is 0 Å². The molecule has 1 fully saturated rings. The van der Waals surface area contributed by atoms with Crippen molar-refractivity contribution in [3.8, 4) is 0 Å². The SMILES string of the molecule is O=C(c1ccncc1)N1CCC(O)(c2ccccc2F)CC1. The van der Waals surface area contributed by atoms with Crippen LogP contribution in [-0.4, -0.2) is 34.0 Å². The summed E-state index contributed by atoms with van der Waals surface area (Å²) >= 11 is 0. The van der Waals surface area contributed by atoms with E-state index in [0.29, 0.717) is 37.1 Å². The first kappa shape index (κ1) is 14.7. The minimum atomic E-state index is -1.21. The molecule has 3 rings (SSSR count). The highest BCUT2D eigenvalue weighted by atomic mass is 19.1. The number of carbonyl (C=O) groups is 1. The number of piperidine rings is 1. The van der Waals surface area contributed by atoms with Gasteiger partial charge in [-0.1, -0.05) is 18.2 Å². The maximum absolute atomic E-state index is 13.9. The molecule has 0 saturated carbocycles. The molecule has 2 aromatic rings. The van der Waals surface area contributed by atoms with Crippen molar-refractivity contribution in [1.82, 2.24) is 9.88 Å². The molecule has 2 heterocycles. The van der Waals surface area contributed by atoms with Crippen molar-refractivity contribution in [2.24, 2.45) is 0 Å². The Kier molecular flexibility index (Phi) is 3.90. The van der Waals surface area contributed by atoms with Crippen LogP contribution in [0, 0.1) is 5.82 Å². The highest BCUT2D eigenvalue weighted by Gasteiger charge is 2.37. The molecular weight excluding hydrogens is 283 g/mol. The minimum absolute atomic E-state index is 0.0852. The third-order valence-electron chi connectivity index (χ3n) is 4.18. The molecule has 1 amide bonds. The molecule has 0 bridgehead atoms. The van der Waals surface area contributed by atoms with Crippen LogP contribution in [0.2, 0.25) is 0 Å². The Hall–Kier alpha value is -2.27. The molecule has 1 saturated heterocycles. The van der Waals surface area contributed by atoms with E-state index in [4.69, 9.17) is 0 Å². The number of nitrogens with zero attached hydrogens (tertiary/aromatic N) is 2. The van der Waals surface area contributed by atoms with E-state index in [1.165, 1.54) is 6.07 Å². The number of pyridine rings is 1. The van der Waals surface area contributed by atoms with Crippen LogP contribution in [0.1, 0.15) is 28.8 Å². The van der Waals surface area contributed by atoms with Crippen molar-refractivity contribution >= 4 is 5.91 Å². The van der Waals surface area contributed by atoms with Gasteiger partial charge < -0.3 is 10.0 Å². The normalized spacial score (nSPS) is 17.3. The standard InChI is InChI=1S/C17H17FN2O2/c18-15-4-2-1-3-14(15)17(22)7-11-20(12-8-17)16(21)13-5-9-19-10-6-13/h1-6,9-10,22H,7-8,11-12H2. The summed E-state index contributed by atoms with van der Waals surface area (Å²) in [5, 5.41) is 10.7. The van der Waals surface area contributed by atoms with Gasteiger partial charge in [0, 0.05) is 36.6 Å². The number of aromatic nitrogens is 1. The number of aliphatic hydroxyl groups is 1. The molecule has 0 radical (unpaired) electrons. The molecule has 1 aromatic carbocycles. The Bertz CT molecular complexity index is 667. The summed E-state index contributed by atoms with van der Waals surface area (Å²) in [6, 6.07) is 9.60. The second-order valence-electron chi connectivity index (χ2n) is 5.54. The van der Waals surface area contributed by atoms with Crippen LogP contribution in [0.5, 0.6) is 0 Å². The molecular formula is C17H17FN2O2. The Morgan fingerprint density at radius 2 is 1.77 bits per heavy atom. The largest absolute Gasteiger partial charge is 0.385 e. The lowest BCUT2D eigenvalue weighted by Crippen LogP contribution is -2.45. The van der Waals surface area contributed by atoms with Crippen molar-refractivity contribution in [3.63, 3.8) is 0 Å². The lowest BCUT2D eigenvalue weighted by Gasteiger charge is -2.38. The van der Waals surface area contributed by atoms with Gasteiger partial charge in [0.25, 0.3) is 5.91 Å². The van der Waals surface area contributed by atoms with Gasteiger partial charge >= 0.3 is 0 Å². The molecule has 1 aromatic heterocycles. The zero-order valence-electron chi connectivity index (χ0n) is 12.1. The van der Waals surface area contributed by atoms with E-state index in [9.17, 15) is 14.3 Å². The highest BCUT2D eigenvalue weighted by Crippen LogP contribution is 2.34. The first-order chi connectivity index (χ1) is 10.6. The number of benzene rings is 1. The molecule has 0 atom stereocenters. The van der Waals surface area contributed by atoms with Crippen LogP contribution in [-0.2, 0) is 5.60 Å². The Morgan fingerprint density at radius 3 is 2.41 bits per heavy atom. The third kappa shape index (κ3) is 2.72. The number of amides is 1. The second kappa shape index (κ2) is 5.85. The maximum Gasteiger partial charge on any atom is 0.253 e. The average Bonchev–Trinajstić information content (AvgIpc) is 2.56. The third-order valence-corrected chi connectivity index (χ3v) is 4.18. The van der Waals surface area contributed by atoms with Crippen LogP contribution < -0.4 is 0 Å². The van der Waals surface area contributed by atoms with Gasteiger partial charge in [0.05, 0.1) is 5.60 Å². The zero-order valence-corrected chi connectivity index (χ0v) is 12.1. The van der Waals surface area contributed by atoms with Gasteiger partial charge in [-0.3, -0.25) is 9.78 Å². The fraction of sp³-hybridized carbons (Fsp3) is 0.294. The van der Waals surface area contributed by atoms with Crippen molar-refractivity contribution < 1.29 is 14.3 Å². The van der Waals surface area contributed by atoms with Crippen molar-refractivity contribution in [2.75, 3.05) is 13.1 Å². The summed E-state index contributed by atoms with van der Waals surface area (Å²) in [5.74, 6) is -0.489. The first-order valence-corrected chi connectivity index (χ1v) is 7.27. The maximum atomic E-state index is 13.9. The van der Waals surface area contributed by atoms with Crippen molar-refractivity contribution in [2.45, 2.75) is 18.4 Å². The van der Waals surface area contributed by atoms with E-state index in [0.717, 1.165) is 0 Å². The summed E-state index contributed by atoms with van der Waals surface area (Å²) in [5.41, 5.74) is -0.322. The summed E-state index contributed by atoms with van der Waals surface area (Å²) in [6.07, 6.45) is 3.80. The predicted molar refractivity (Wildman–Crippen MR) is 79.7 cm³/mol. The van der Waals surface area contributed by atoms with Crippen LogP contribution >= 0.6 is 0 Å². The smallest absolute Gasteiger partial charge is 0.253 e. The van der Waals surface area contributed by atoms with Crippen molar-refractivity contribution in [3.05, 3.63) is 65.7 Å². The lowest BCUT2D eigenvalue weighted by atomic mass is 9.84. The minimum Gasteiger partial charge on any atom is -0.385 e. The molecule has 5 heteroatoms. The fourth-order valence-electron chi connectivity index (χ4n) is 2.86. The number of carbonyl (C=O) groups excluding carboxylic acids is 1. The quantitative estimate of drug-likeness (QED) is 0.926. The predicted octanol–water partition coefficient (Wildman–Crippen LogP) is 2.34. The molecule has 1 N–H and O–H groups in total. The number of hydrogen-bond acceptors (Lipinski definition) is 3. The van der Waals surface area contributed by atoms with Gasteiger partial charge in [0.2, 0.25) is 0 Å². The number of hydrogen-bond donors (Lipinski definition) is 1. The molecule has 1 aliphatic rings. The summed E-state index contributed by atoms with van der Waals surface area (Å²) < 4.78 is 13.9.